The molecule has 2 rings (SSSR count). The summed E-state index contributed by atoms with van der Waals surface area (Å²) in [4.78, 5) is 10.9. The van der Waals surface area contributed by atoms with Gasteiger partial charge in [0.25, 0.3) is 0 Å². The van der Waals surface area contributed by atoms with Crippen molar-refractivity contribution in [3.8, 4) is 0 Å². The summed E-state index contributed by atoms with van der Waals surface area (Å²) in [5, 5.41) is 13.1. The van der Waals surface area contributed by atoms with E-state index in [4.69, 9.17) is 5.11 Å². The third-order valence-electron chi connectivity index (χ3n) is 2.17. The molecular weight excluding hydrogens is 180 g/mol. The highest BCUT2D eigenvalue weighted by Crippen LogP contribution is 2.15. The number of pyridine rings is 1. The maximum atomic E-state index is 10.9. The normalized spacial score (nSPS) is 10.7. The average Bonchev–Trinajstić information content (AvgIpc) is 2.39. The quantitative estimate of drug-likeness (QED) is 0.743. The van der Waals surface area contributed by atoms with Crippen molar-refractivity contribution < 1.29 is 9.90 Å². The van der Waals surface area contributed by atoms with Gasteiger partial charge in [-0.25, -0.2) is 9.31 Å². The Balaban J connectivity index is 2.84. The Morgan fingerprint density at radius 2 is 2.14 bits per heavy atom. The lowest BCUT2D eigenvalue weighted by atomic mass is 10.2. The van der Waals surface area contributed by atoms with Crippen LogP contribution in [0.15, 0.2) is 18.3 Å². The molecule has 0 bridgehead atoms. The van der Waals surface area contributed by atoms with E-state index in [1.54, 1.807) is 17.5 Å². The van der Waals surface area contributed by atoms with Crippen LogP contribution in [0.5, 0.6) is 0 Å². The molecule has 0 aliphatic heterocycles. The highest BCUT2D eigenvalue weighted by Gasteiger charge is 2.15. The number of hydrogen-bond acceptors (Lipinski definition) is 2. The summed E-state index contributed by atoms with van der Waals surface area (Å²) in [6.07, 6.45) is 1.81. The van der Waals surface area contributed by atoms with Gasteiger partial charge in [0.15, 0.2) is 0 Å². The van der Waals surface area contributed by atoms with E-state index in [0.717, 1.165) is 5.56 Å². The van der Waals surface area contributed by atoms with Gasteiger partial charge in [0.05, 0.1) is 11.2 Å². The van der Waals surface area contributed by atoms with E-state index >= 15 is 0 Å². The van der Waals surface area contributed by atoms with Gasteiger partial charge in [0.1, 0.15) is 5.56 Å². The first-order chi connectivity index (χ1) is 6.59. The smallest absolute Gasteiger partial charge is 0.339 e. The third kappa shape index (κ3) is 1.16. The molecule has 0 amide bonds. The standard InChI is InChI=1S/C10H10N2O2/c1-6-3-4-8-9(10(13)14)7(2)11-12(8)5-6/h3-5H,1-2H3,(H,13,14). The third-order valence-corrected chi connectivity index (χ3v) is 2.17. The van der Waals surface area contributed by atoms with Crippen molar-refractivity contribution in [3.05, 3.63) is 35.2 Å². The fraction of sp³-hybridized carbons (Fsp3) is 0.200. The Hall–Kier alpha value is -1.84. The van der Waals surface area contributed by atoms with E-state index in [1.807, 2.05) is 19.2 Å². The highest BCUT2D eigenvalue weighted by molar-refractivity contribution is 5.96. The molecule has 0 atom stereocenters. The lowest BCUT2D eigenvalue weighted by Gasteiger charge is -1.95. The maximum Gasteiger partial charge on any atom is 0.339 e. The predicted molar refractivity (Wildman–Crippen MR) is 51.6 cm³/mol. The summed E-state index contributed by atoms with van der Waals surface area (Å²) in [6.45, 7) is 3.64. The number of aromatic carboxylic acids is 1. The molecule has 2 aromatic heterocycles. The molecule has 4 nitrogen and oxygen atoms in total. The molecule has 0 spiro atoms. The van der Waals surface area contributed by atoms with Gasteiger partial charge in [-0.05, 0) is 25.5 Å². The largest absolute Gasteiger partial charge is 0.478 e. The first-order valence-electron chi connectivity index (χ1n) is 4.28. The summed E-state index contributed by atoms with van der Waals surface area (Å²) in [6, 6.07) is 3.65. The zero-order valence-electron chi connectivity index (χ0n) is 7.98. The molecule has 1 N–H and O–H groups in total. The number of carboxylic acid groups (broad SMARTS) is 1. The van der Waals surface area contributed by atoms with Gasteiger partial charge < -0.3 is 5.11 Å². The van der Waals surface area contributed by atoms with Gasteiger partial charge >= 0.3 is 5.97 Å². The lowest BCUT2D eigenvalue weighted by Crippen LogP contribution is -1.97. The second-order valence-electron chi connectivity index (χ2n) is 3.30. The molecule has 4 heteroatoms. The second kappa shape index (κ2) is 2.83. The van der Waals surface area contributed by atoms with Gasteiger partial charge in [-0.3, -0.25) is 0 Å². The van der Waals surface area contributed by atoms with Crippen molar-refractivity contribution >= 4 is 11.5 Å². The van der Waals surface area contributed by atoms with E-state index in [9.17, 15) is 4.79 Å². The highest BCUT2D eigenvalue weighted by atomic mass is 16.4. The number of rotatable bonds is 1. The van der Waals surface area contributed by atoms with Crippen molar-refractivity contribution in [1.82, 2.24) is 9.61 Å². The van der Waals surface area contributed by atoms with Crippen LogP contribution in [-0.4, -0.2) is 20.7 Å². The van der Waals surface area contributed by atoms with Crippen LogP contribution < -0.4 is 0 Å². The Morgan fingerprint density at radius 3 is 2.79 bits per heavy atom. The Labute approximate surface area is 80.8 Å². The van der Waals surface area contributed by atoms with Crippen LogP contribution >= 0.6 is 0 Å². The second-order valence-corrected chi connectivity index (χ2v) is 3.30. The van der Waals surface area contributed by atoms with Crippen LogP contribution in [0.25, 0.3) is 5.52 Å². The molecule has 0 aliphatic carbocycles. The van der Waals surface area contributed by atoms with E-state index in [2.05, 4.69) is 5.10 Å². The minimum absolute atomic E-state index is 0.282. The summed E-state index contributed by atoms with van der Waals surface area (Å²) in [7, 11) is 0. The number of carbonyl (C=O) groups is 1. The van der Waals surface area contributed by atoms with Gasteiger partial charge in [0, 0.05) is 6.20 Å². The van der Waals surface area contributed by atoms with E-state index in [0.29, 0.717) is 11.2 Å². The Morgan fingerprint density at radius 1 is 1.43 bits per heavy atom. The summed E-state index contributed by atoms with van der Waals surface area (Å²) < 4.78 is 1.61. The minimum Gasteiger partial charge on any atom is -0.478 e. The molecule has 2 aromatic rings. The molecule has 0 unspecified atom stereocenters. The number of carboxylic acids is 1. The molecule has 0 aromatic carbocycles. The number of aryl methyl sites for hydroxylation is 2. The van der Waals surface area contributed by atoms with Gasteiger partial charge in [-0.1, -0.05) is 6.07 Å². The number of nitrogens with zero attached hydrogens (tertiary/aromatic N) is 2. The van der Waals surface area contributed by atoms with E-state index in [1.165, 1.54) is 0 Å². The molecule has 0 saturated carbocycles. The average molecular weight is 190 g/mol. The number of aromatic nitrogens is 2. The van der Waals surface area contributed by atoms with Crippen molar-refractivity contribution in [3.63, 3.8) is 0 Å². The van der Waals surface area contributed by atoms with Crippen LogP contribution in [0, 0.1) is 13.8 Å². The summed E-state index contributed by atoms with van der Waals surface area (Å²) in [5.74, 6) is -0.929. The minimum atomic E-state index is -0.929. The van der Waals surface area contributed by atoms with E-state index in [-0.39, 0.29) is 5.56 Å². The molecule has 72 valence electrons. The van der Waals surface area contributed by atoms with E-state index < -0.39 is 5.97 Å². The van der Waals surface area contributed by atoms with Crippen LogP contribution in [-0.2, 0) is 0 Å². The topological polar surface area (TPSA) is 54.6 Å². The van der Waals surface area contributed by atoms with Crippen molar-refractivity contribution in [1.29, 1.82) is 0 Å². The molecule has 0 fully saturated rings. The monoisotopic (exact) mass is 190 g/mol. The van der Waals surface area contributed by atoms with Crippen molar-refractivity contribution in [2.45, 2.75) is 13.8 Å². The molecular formula is C10H10N2O2. The van der Waals surface area contributed by atoms with Crippen molar-refractivity contribution in [2.75, 3.05) is 0 Å². The van der Waals surface area contributed by atoms with Crippen molar-refractivity contribution in [2.24, 2.45) is 0 Å². The first kappa shape index (κ1) is 8.74. The predicted octanol–water partition coefficient (Wildman–Crippen LogP) is 1.65. The number of hydrogen-bond donors (Lipinski definition) is 1. The molecule has 2 heterocycles. The van der Waals surface area contributed by atoms with Crippen LogP contribution in [0.4, 0.5) is 0 Å². The molecule has 14 heavy (non-hydrogen) atoms. The first-order valence-corrected chi connectivity index (χ1v) is 4.28. The zero-order valence-corrected chi connectivity index (χ0v) is 7.98. The van der Waals surface area contributed by atoms with Gasteiger partial charge in [-0.15, -0.1) is 0 Å². The fourth-order valence-electron chi connectivity index (χ4n) is 1.53. The lowest BCUT2D eigenvalue weighted by molar-refractivity contribution is 0.0698. The van der Waals surface area contributed by atoms with Crippen LogP contribution in [0.3, 0.4) is 0 Å². The SMILES string of the molecule is Cc1ccc2c(C(=O)O)c(C)nn2c1. The fourth-order valence-corrected chi connectivity index (χ4v) is 1.53. The van der Waals surface area contributed by atoms with Gasteiger partial charge in [-0.2, -0.15) is 5.10 Å². The molecule has 0 radical (unpaired) electrons. The van der Waals surface area contributed by atoms with Crippen LogP contribution in [0.1, 0.15) is 21.6 Å². The summed E-state index contributed by atoms with van der Waals surface area (Å²) in [5.41, 5.74) is 2.52. The zero-order chi connectivity index (χ0) is 10.3. The summed E-state index contributed by atoms with van der Waals surface area (Å²) >= 11 is 0. The Kier molecular flexibility index (Phi) is 1.77. The number of fused-ring (bicyclic) bond motifs is 1. The maximum absolute atomic E-state index is 10.9. The Bertz CT molecular complexity index is 514. The van der Waals surface area contributed by atoms with Gasteiger partial charge in [0.2, 0.25) is 0 Å². The van der Waals surface area contributed by atoms with Crippen LogP contribution in [0.2, 0.25) is 0 Å². The molecule has 0 saturated heterocycles. The molecule has 0 aliphatic rings.